The lowest BCUT2D eigenvalue weighted by Gasteiger charge is -2.15. The highest BCUT2D eigenvalue weighted by Gasteiger charge is 2.36. The minimum atomic E-state index is -0.0837. The Balaban J connectivity index is 1.50. The molecule has 4 rings (SSSR count). The van der Waals surface area contributed by atoms with E-state index in [1.165, 1.54) is 5.56 Å². The standard InChI is InChI=1S/C19H18O4/c20-19-16(9-13-4-2-1-3-5-13)15(11-21-19)8-14-6-7-17-18(10-14)23-12-22-17/h1-7,10,15-16H,8-9,11-12H2. The summed E-state index contributed by atoms with van der Waals surface area (Å²) in [6, 6.07) is 16.1. The maximum Gasteiger partial charge on any atom is 0.309 e. The van der Waals surface area contributed by atoms with Crippen LogP contribution in [-0.2, 0) is 22.4 Å². The summed E-state index contributed by atoms with van der Waals surface area (Å²) in [7, 11) is 0. The molecule has 2 aliphatic heterocycles. The van der Waals surface area contributed by atoms with Gasteiger partial charge in [-0.15, -0.1) is 0 Å². The molecule has 23 heavy (non-hydrogen) atoms. The third kappa shape index (κ3) is 2.89. The van der Waals surface area contributed by atoms with Gasteiger partial charge in [-0.05, 0) is 36.1 Å². The van der Waals surface area contributed by atoms with E-state index in [4.69, 9.17) is 14.2 Å². The molecule has 0 N–H and O–H groups in total. The van der Waals surface area contributed by atoms with Gasteiger partial charge in [-0.2, -0.15) is 0 Å². The molecule has 0 radical (unpaired) electrons. The maximum absolute atomic E-state index is 12.1. The molecule has 0 amide bonds. The Kier molecular flexibility index (Phi) is 3.66. The Bertz CT molecular complexity index is 711. The summed E-state index contributed by atoms with van der Waals surface area (Å²) < 4.78 is 16.1. The van der Waals surface area contributed by atoms with Crippen molar-refractivity contribution in [2.45, 2.75) is 12.8 Å². The first kappa shape index (κ1) is 14.1. The van der Waals surface area contributed by atoms with Gasteiger partial charge < -0.3 is 14.2 Å². The molecule has 0 bridgehead atoms. The molecule has 2 aliphatic rings. The van der Waals surface area contributed by atoms with Gasteiger partial charge >= 0.3 is 5.97 Å². The smallest absolute Gasteiger partial charge is 0.309 e. The van der Waals surface area contributed by atoms with E-state index in [-0.39, 0.29) is 24.6 Å². The van der Waals surface area contributed by atoms with Gasteiger partial charge in [0.1, 0.15) is 0 Å². The van der Waals surface area contributed by atoms with E-state index < -0.39 is 0 Å². The van der Waals surface area contributed by atoms with Crippen molar-refractivity contribution >= 4 is 5.97 Å². The number of hydrogen-bond acceptors (Lipinski definition) is 4. The Hall–Kier alpha value is -2.49. The van der Waals surface area contributed by atoms with Crippen LogP contribution in [0.15, 0.2) is 48.5 Å². The molecule has 1 saturated heterocycles. The highest BCUT2D eigenvalue weighted by Crippen LogP contribution is 2.35. The summed E-state index contributed by atoms with van der Waals surface area (Å²) in [6.07, 6.45) is 1.54. The Morgan fingerprint density at radius 1 is 0.870 bits per heavy atom. The minimum Gasteiger partial charge on any atom is -0.465 e. The Morgan fingerprint density at radius 2 is 1.70 bits per heavy atom. The van der Waals surface area contributed by atoms with Crippen LogP contribution in [0.2, 0.25) is 0 Å². The van der Waals surface area contributed by atoms with E-state index >= 15 is 0 Å². The molecule has 4 nitrogen and oxygen atoms in total. The van der Waals surface area contributed by atoms with Crippen molar-refractivity contribution in [2.24, 2.45) is 11.8 Å². The van der Waals surface area contributed by atoms with E-state index in [0.717, 1.165) is 29.9 Å². The second kappa shape index (κ2) is 5.95. The van der Waals surface area contributed by atoms with Crippen molar-refractivity contribution in [1.29, 1.82) is 0 Å². The van der Waals surface area contributed by atoms with Crippen LogP contribution >= 0.6 is 0 Å². The number of carbonyl (C=O) groups is 1. The number of cyclic esters (lactones) is 1. The number of rotatable bonds is 4. The predicted molar refractivity (Wildman–Crippen MR) is 84.4 cm³/mol. The fourth-order valence-electron chi connectivity index (χ4n) is 3.29. The zero-order valence-electron chi connectivity index (χ0n) is 12.7. The number of ether oxygens (including phenoxy) is 3. The van der Waals surface area contributed by atoms with Crippen LogP contribution in [0.4, 0.5) is 0 Å². The zero-order valence-corrected chi connectivity index (χ0v) is 12.7. The average molecular weight is 310 g/mol. The van der Waals surface area contributed by atoms with E-state index in [1.807, 2.05) is 36.4 Å². The van der Waals surface area contributed by atoms with E-state index in [2.05, 4.69) is 12.1 Å². The molecule has 0 saturated carbocycles. The van der Waals surface area contributed by atoms with Crippen molar-refractivity contribution in [1.82, 2.24) is 0 Å². The highest BCUT2D eigenvalue weighted by molar-refractivity contribution is 5.75. The molecule has 2 aromatic rings. The molecule has 2 aromatic carbocycles. The van der Waals surface area contributed by atoms with Crippen LogP contribution < -0.4 is 9.47 Å². The second-order valence-corrected chi connectivity index (χ2v) is 6.08. The average Bonchev–Trinajstić information content (AvgIpc) is 3.17. The van der Waals surface area contributed by atoms with Gasteiger partial charge in [0.05, 0.1) is 12.5 Å². The van der Waals surface area contributed by atoms with Gasteiger partial charge in [0.15, 0.2) is 11.5 Å². The van der Waals surface area contributed by atoms with E-state index in [0.29, 0.717) is 6.61 Å². The lowest BCUT2D eigenvalue weighted by molar-refractivity contribution is -0.141. The maximum atomic E-state index is 12.1. The molecule has 0 spiro atoms. The predicted octanol–water partition coefficient (Wildman–Crippen LogP) is 2.99. The summed E-state index contributed by atoms with van der Waals surface area (Å²) in [4.78, 5) is 12.1. The topological polar surface area (TPSA) is 44.8 Å². The molecule has 2 atom stereocenters. The molecular weight excluding hydrogens is 292 g/mol. The van der Waals surface area contributed by atoms with Crippen molar-refractivity contribution in [3.05, 3.63) is 59.7 Å². The van der Waals surface area contributed by atoms with Crippen molar-refractivity contribution in [3.63, 3.8) is 0 Å². The first-order valence-electron chi connectivity index (χ1n) is 7.89. The number of carbonyl (C=O) groups excluding carboxylic acids is 1. The summed E-state index contributed by atoms with van der Waals surface area (Å²) in [6.45, 7) is 0.769. The van der Waals surface area contributed by atoms with Gasteiger partial charge in [-0.25, -0.2) is 0 Å². The van der Waals surface area contributed by atoms with E-state index in [1.54, 1.807) is 0 Å². The fraction of sp³-hybridized carbons (Fsp3) is 0.316. The summed E-state index contributed by atoms with van der Waals surface area (Å²) in [5.41, 5.74) is 2.32. The normalized spacial score (nSPS) is 22.2. The zero-order chi connectivity index (χ0) is 15.6. The first-order chi connectivity index (χ1) is 11.3. The first-order valence-corrected chi connectivity index (χ1v) is 7.89. The summed E-state index contributed by atoms with van der Waals surface area (Å²) >= 11 is 0. The Morgan fingerprint density at radius 3 is 2.57 bits per heavy atom. The second-order valence-electron chi connectivity index (χ2n) is 6.08. The van der Waals surface area contributed by atoms with E-state index in [9.17, 15) is 4.79 Å². The highest BCUT2D eigenvalue weighted by atomic mass is 16.7. The number of hydrogen-bond donors (Lipinski definition) is 0. The summed E-state index contributed by atoms with van der Waals surface area (Å²) in [5, 5.41) is 0. The molecule has 2 unspecified atom stereocenters. The van der Waals surface area contributed by atoms with Crippen LogP contribution in [0.25, 0.3) is 0 Å². The number of fused-ring (bicyclic) bond motifs is 1. The third-order valence-corrected chi connectivity index (χ3v) is 4.54. The number of esters is 1. The van der Waals surface area contributed by atoms with Crippen molar-refractivity contribution < 1.29 is 19.0 Å². The van der Waals surface area contributed by atoms with Gasteiger partial charge in [0.2, 0.25) is 6.79 Å². The molecule has 0 aromatic heterocycles. The molecule has 4 heteroatoms. The van der Waals surface area contributed by atoms with Crippen LogP contribution in [0.1, 0.15) is 11.1 Å². The molecule has 118 valence electrons. The monoisotopic (exact) mass is 310 g/mol. The quantitative estimate of drug-likeness (QED) is 0.814. The lowest BCUT2D eigenvalue weighted by Crippen LogP contribution is -2.20. The van der Waals surface area contributed by atoms with Gasteiger partial charge in [0.25, 0.3) is 0 Å². The SMILES string of the molecule is O=C1OCC(Cc2ccc3c(c2)OCO3)C1Cc1ccccc1. The summed E-state index contributed by atoms with van der Waals surface area (Å²) in [5.74, 6) is 1.60. The molecule has 0 aliphatic carbocycles. The lowest BCUT2D eigenvalue weighted by atomic mass is 9.85. The van der Waals surface area contributed by atoms with Crippen LogP contribution in [0.5, 0.6) is 11.5 Å². The number of benzene rings is 2. The van der Waals surface area contributed by atoms with Gasteiger partial charge in [0, 0.05) is 5.92 Å². The molecule has 2 heterocycles. The fourth-order valence-corrected chi connectivity index (χ4v) is 3.29. The van der Waals surface area contributed by atoms with Crippen LogP contribution in [0.3, 0.4) is 0 Å². The van der Waals surface area contributed by atoms with Crippen molar-refractivity contribution in [3.8, 4) is 11.5 Å². The van der Waals surface area contributed by atoms with Gasteiger partial charge in [-0.3, -0.25) is 4.79 Å². The third-order valence-electron chi connectivity index (χ3n) is 4.54. The molecular formula is C19H18O4. The molecule has 1 fully saturated rings. The minimum absolute atomic E-state index is 0.0807. The van der Waals surface area contributed by atoms with Crippen LogP contribution in [-0.4, -0.2) is 19.4 Å². The van der Waals surface area contributed by atoms with Gasteiger partial charge in [-0.1, -0.05) is 36.4 Å². The van der Waals surface area contributed by atoms with Crippen LogP contribution in [0, 0.1) is 11.8 Å². The van der Waals surface area contributed by atoms with Crippen molar-refractivity contribution in [2.75, 3.05) is 13.4 Å². The Labute approximate surface area is 135 Å². The largest absolute Gasteiger partial charge is 0.465 e.